The topological polar surface area (TPSA) is 58.2 Å². The minimum Gasteiger partial charge on any atom is -0.316 e. The molecular weight excluding hydrogens is 236 g/mol. The van der Waals surface area contributed by atoms with Crippen molar-refractivity contribution < 1.29 is 8.42 Å². The van der Waals surface area contributed by atoms with Crippen molar-refractivity contribution in [3.8, 4) is 0 Å². The summed E-state index contributed by atoms with van der Waals surface area (Å²) >= 11 is 0. The second-order valence-corrected chi connectivity index (χ2v) is 7.17. The van der Waals surface area contributed by atoms with Gasteiger partial charge in [-0.15, -0.1) is 0 Å². The first-order valence-corrected chi connectivity index (χ1v) is 8.54. The van der Waals surface area contributed by atoms with E-state index in [-0.39, 0.29) is 6.04 Å². The standard InChI is InChI=1S/C12H26N2O2S/c1-3-11(4-2)9-13-6-5-12-10-17(15,16)8-7-14-12/h11-14H,3-10H2,1-2H3. The first-order chi connectivity index (χ1) is 8.07. The summed E-state index contributed by atoms with van der Waals surface area (Å²) in [5.41, 5.74) is 0. The van der Waals surface area contributed by atoms with Crippen LogP contribution in [0.2, 0.25) is 0 Å². The van der Waals surface area contributed by atoms with E-state index in [1.165, 1.54) is 12.8 Å². The smallest absolute Gasteiger partial charge is 0.153 e. The van der Waals surface area contributed by atoms with Crippen LogP contribution < -0.4 is 10.6 Å². The normalized spacial score (nSPS) is 24.1. The highest BCUT2D eigenvalue weighted by molar-refractivity contribution is 7.91. The molecule has 0 radical (unpaired) electrons. The van der Waals surface area contributed by atoms with Crippen LogP contribution >= 0.6 is 0 Å². The fraction of sp³-hybridized carbons (Fsp3) is 1.00. The zero-order chi connectivity index (χ0) is 12.7. The van der Waals surface area contributed by atoms with E-state index in [9.17, 15) is 8.42 Å². The summed E-state index contributed by atoms with van der Waals surface area (Å²) in [6.45, 7) is 6.99. The maximum Gasteiger partial charge on any atom is 0.153 e. The number of hydrogen-bond donors (Lipinski definition) is 2. The van der Waals surface area contributed by atoms with Crippen molar-refractivity contribution in [2.45, 2.75) is 39.2 Å². The minimum absolute atomic E-state index is 0.142. The van der Waals surface area contributed by atoms with Gasteiger partial charge in [-0.3, -0.25) is 0 Å². The van der Waals surface area contributed by atoms with Gasteiger partial charge in [-0.25, -0.2) is 8.42 Å². The summed E-state index contributed by atoms with van der Waals surface area (Å²) in [6, 6.07) is 0.142. The van der Waals surface area contributed by atoms with Gasteiger partial charge in [-0.05, 0) is 25.4 Å². The molecule has 0 aromatic rings. The molecule has 1 unspecified atom stereocenters. The van der Waals surface area contributed by atoms with Crippen molar-refractivity contribution in [1.82, 2.24) is 10.6 Å². The molecule has 1 fully saturated rings. The summed E-state index contributed by atoms with van der Waals surface area (Å²) in [7, 11) is -2.78. The molecular formula is C12H26N2O2S. The number of rotatable bonds is 7. The SMILES string of the molecule is CCC(CC)CNCCC1CS(=O)(=O)CCN1. The van der Waals surface area contributed by atoms with Gasteiger partial charge in [-0.1, -0.05) is 26.7 Å². The molecule has 0 aliphatic carbocycles. The fourth-order valence-electron chi connectivity index (χ4n) is 2.21. The van der Waals surface area contributed by atoms with E-state index in [1.54, 1.807) is 0 Å². The lowest BCUT2D eigenvalue weighted by Crippen LogP contribution is -2.46. The van der Waals surface area contributed by atoms with Gasteiger partial charge in [0.1, 0.15) is 0 Å². The highest BCUT2D eigenvalue weighted by Gasteiger charge is 2.23. The van der Waals surface area contributed by atoms with Crippen LogP contribution in [0.1, 0.15) is 33.1 Å². The number of sulfone groups is 1. The van der Waals surface area contributed by atoms with Gasteiger partial charge >= 0.3 is 0 Å². The molecule has 0 aromatic heterocycles. The number of nitrogens with one attached hydrogen (secondary N) is 2. The second-order valence-electron chi connectivity index (χ2n) is 4.94. The van der Waals surface area contributed by atoms with E-state index < -0.39 is 9.84 Å². The van der Waals surface area contributed by atoms with E-state index in [0.29, 0.717) is 18.1 Å². The Morgan fingerprint density at radius 2 is 2.06 bits per heavy atom. The Balaban J connectivity index is 2.14. The van der Waals surface area contributed by atoms with Crippen LogP contribution in [0.5, 0.6) is 0 Å². The van der Waals surface area contributed by atoms with Crippen LogP contribution in [-0.4, -0.2) is 45.6 Å². The van der Waals surface area contributed by atoms with Crippen LogP contribution in [0.25, 0.3) is 0 Å². The molecule has 102 valence electrons. The summed E-state index contributed by atoms with van der Waals surface area (Å²) in [4.78, 5) is 0. The molecule has 0 amide bonds. The highest BCUT2D eigenvalue weighted by atomic mass is 32.2. The fourth-order valence-corrected chi connectivity index (χ4v) is 3.71. The molecule has 1 saturated heterocycles. The lowest BCUT2D eigenvalue weighted by atomic mass is 10.0. The third-order valence-electron chi connectivity index (χ3n) is 3.56. The van der Waals surface area contributed by atoms with E-state index in [0.717, 1.165) is 25.4 Å². The average molecular weight is 262 g/mol. The summed E-state index contributed by atoms with van der Waals surface area (Å²) in [5.74, 6) is 1.35. The zero-order valence-corrected chi connectivity index (χ0v) is 11.9. The van der Waals surface area contributed by atoms with Gasteiger partial charge in [-0.2, -0.15) is 0 Å². The Hall–Kier alpha value is -0.130. The van der Waals surface area contributed by atoms with E-state index in [4.69, 9.17) is 0 Å². The zero-order valence-electron chi connectivity index (χ0n) is 11.0. The highest BCUT2D eigenvalue weighted by Crippen LogP contribution is 2.06. The molecule has 1 atom stereocenters. The third-order valence-corrected chi connectivity index (χ3v) is 5.29. The summed E-state index contributed by atoms with van der Waals surface area (Å²) in [5, 5.41) is 6.70. The Bertz CT molecular complexity index is 300. The van der Waals surface area contributed by atoms with Crippen molar-refractivity contribution in [3.05, 3.63) is 0 Å². The molecule has 0 aromatic carbocycles. The van der Waals surface area contributed by atoms with Crippen LogP contribution in [0.15, 0.2) is 0 Å². The third kappa shape index (κ3) is 5.84. The minimum atomic E-state index is -2.78. The molecule has 1 heterocycles. The predicted molar refractivity (Wildman–Crippen MR) is 72.0 cm³/mol. The number of hydrogen-bond acceptors (Lipinski definition) is 4. The van der Waals surface area contributed by atoms with Gasteiger partial charge in [0.15, 0.2) is 9.84 Å². The summed E-state index contributed by atoms with van der Waals surface area (Å²) < 4.78 is 22.9. The molecule has 1 aliphatic rings. The van der Waals surface area contributed by atoms with Gasteiger partial charge in [0, 0.05) is 12.6 Å². The molecule has 5 heteroatoms. The van der Waals surface area contributed by atoms with Crippen LogP contribution in [0.3, 0.4) is 0 Å². The van der Waals surface area contributed by atoms with E-state index in [1.807, 2.05) is 0 Å². The van der Waals surface area contributed by atoms with Crippen molar-refractivity contribution in [1.29, 1.82) is 0 Å². The van der Waals surface area contributed by atoms with Crippen LogP contribution in [-0.2, 0) is 9.84 Å². The molecule has 2 N–H and O–H groups in total. The Kier molecular flexibility index (Phi) is 6.44. The maximum absolute atomic E-state index is 11.4. The quantitative estimate of drug-likeness (QED) is 0.666. The molecule has 0 saturated carbocycles. The Labute approximate surface area is 105 Å². The van der Waals surface area contributed by atoms with Gasteiger partial charge in [0.05, 0.1) is 11.5 Å². The van der Waals surface area contributed by atoms with Crippen LogP contribution in [0, 0.1) is 5.92 Å². The van der Waals surface area contributed by atoms with Gasteiger partial charge < -0.3 is 10.6 Å². The van der Waals surface area contributed by atoms with E-state index in [2.05, 4.69) is 24.5 Å². The summed E-state index contributed by atoms with van der Waals surface area (Å²) in [6.07, 6.45) is 3.32. The van der Waals surface area contributed by atoms with Crippen LogP contribution in [0.4, 0.5) is 0 Å². The maximum atomic E-state index is 11.4. The van der Waals surface area contributed by atoms with Gasteiger partial charge in [0.25, 0.3) is 0 Å². The predicted octanol–water partition coefficient (Wildman–Crippen LogP) is 0.789. The lowest BCUT2D eigenvalue weighted by molar-refractivity contribution is 0.427. The van der Waals surface area contributed by atoms with Crippen molar-refractivity contribution >= 4 is 9.84 Å². The van der Waals surface area contributed by atoms with Crippen molar-refractivity contribution in [2.75, 3.05) is 31.1 Å². The molecule has 0 spiro atoms. The average Bonchev–Trinajstić information content (AvgIpc) is 2.28. The Morgan fingerprint density at radius 3 is 2.65 bits per heavy atom. The molecule has 0 bridgehead atoms. The van der Waals surface area contributed by atoms with Crippen molar-refractivity contribution in [2.24, 2.45) is 5.92 Å². The molecule has 4 nitrogen and oxygen atoms in total. The monoisotopic (exact) mass is 262 g/mol. The van der Waals surface area contributed by atoms with Crippen molar-refractivity contribution in [3.63, 3.8) is 0 Å². The largest absolute Gasteiger partial charge is 0.316 e. The lowest BCUT2D eigenvalue weighted by Gasteiger charge is -2.24. The Morgan fingerprint density at radius 1 is 1.35 bits per heavy atom. The molecule has 1 aliphatic heterocycles. The first-order valence-electron chi connectivity index (χ1n) is 6.72. The second kappa shape index (κ2) is 7.34. The molecule has 17 heavy (non-hydrogen) atoms. The first kappa shape index (κ1) is 14.9. The van der Waals surface area contributed by atoms with E-state index >= 15 is 0 Å². The molecule has 1 rings (SSSR count). The van der Waals surface area contributed by atoms with Gasteiger partial charge in [0.2, 0.25) is 0 Å².